The number of ether oxygens (including phenoxy) is 1. The number of hydrogen-bond donors (Lipinski definition) is 2. The molecule has 0 aliphatic rings. The lowest BCUT2D eigenvalue weighted by Crippen LogP contribution is -2.17. The number of anilines is 2. The van der Waals surface area contributed by atoms with Crippen LogP contribution in [0.5, 0.6) is 5.75 Å². The molecule has 2 N–H and O–H groups in total. The first-order chi connectivity index (χ1) is 14.6. The minimum Gasteiger partial charge on any atom is -0.487 e. The Labute approximate surface area is 180 Å². The summed E-state index contributed by atoms with van der Waals surface area (Å²) in [7, 11) is 0. The molecule has 6 nitrogen and oxygen atoms in total. The highest BCUT2D eigenvalue weighted by Gasteiger charge is 2.34. The summed E-state index contributed by atoms with van der Waals surface area (Å²) in [6, 6.07) is 9.26. The topological polar surface area (TPSA) is 80.3 Å². The van der Waals surface area contributed by atoms with Crippen LogP contribution in [0, 0.1) is 6.92 Å². The molecule has 0 atom stereocenters. The molecule has 0 aliphatic heterocycles. The van der Waals surface area contributed by atoms with E-state index in [9.17, 15) is 22.8 Å². The molecule has 0 saturated carbocycles. The number of nitrogens with zero attached hydrogens (tertiary/aromatic N) is 1. The number of benzene rings is 2. The van der Waals surface area contributed by atoms with Gasteiger partial charge in [0.2, 0.25) is 5.91 Å². The summed E-state index contributed by atoms with van der Waals surface area (Å²) in [4.78, 5) is 28.0. The van der Waals surface area contributed by atoms with E-state index in [4.69, 9.17) is 4.74 Å². The van der Waals surface area contributed by atoms with Crippen molar-refractivity contribution >= 4 is 34.5 Å². The second-order valence-electron chi connectivity index (χ2n) is 6.57. The van der Waals surface area contributed by atoms with E-state index in [0.29, 0.717) is 5.75 Å². The number of amides is 2. The maximum Gasteiger partial charge on any atom is 0.418 e. The van der Waals surface area contributed by atoms with Gasteiger partial charge in [0.15, 0.2) is 0 Å². The molecule has 2 amide bonds. The maximum absolute atomic E-state index is 13.5. The quantitative estimate of drug-likeness (QED) is 0.538. The van der Waals surface area contributed by atoms with E-state index in [1.54, 1.807) is 12.1 Å². The lowest BCUT2D eigenvalue weighted by molar-refractivity contribution is -0.137. The zero-order valence-electron chi connectivity index (χ0n) is 16.5. The van der Waals surface area contributed by atoms with Crippen molar-refractivity contribution in [2.75, 3.05) is 10.6 Å². The number of thiazole rings is 1. The number of nitrogens with one attached hydrogen (secondary N) is 2. The van der Waals surface area contributed by atoms with Gasteiger partial charge in [0.05, 0.1) is 22.0 Å². The van der Waals surface area contributed by atoms with Crippen LogP contribution < -0.4 is 15.4 Å². The highest BCUT2D eigenvalue weighted by Crippen LogP contribution is 2.37. The van der Waals surface area contributed by atoms with E-state index < -0.39 is 29.2 Å². The van der Waals surface area contributed by atoms with Crippen molar-refractivity contribution in [2.45, 2.75) is 26.6 Å². The van der Waals surface area contributed by atoms with E-state index in [0.717, 1.165) is 22.8 Å². The first-order valence-corrected chi connectivity index (χ1v) is 9.94. The summed E-state index contributed by atoms with van der Waals surface area (Å²) in [6.45, 7) is 3.27. The van der Waals surface area contributed by atoms with Gasteiger partial charge in [-0.25, -0.2) is 4.98 Å². The van der Waals surface area contributed by atoms with Gasteiger partial charge in [0.1, 0.15) is 12.4 Å². The van der Waals surface area contributed by atoms with Crippen LogP contribution in [-0.2, 0) is 17.6 Å². The Kier molecular flexibility index (Phi) is 6.59. The maximum atomic E-state index is 13.5. The molecule has 10 heteroatoms. The number of carbonyl (C=O) groups excluding carboxylic acids is 2. The summed E-state index contributed by atoms with van der Waals surface area (Å²) in [5.41, 5.74) is -0.641. The Morgan fingerprint density at radius 1 is 1.13 bits per heavy atom. The predicted molar refractivity (Wildman–Crippen MR) is 111 cm³/mol. The number of hydrogen-bond acceptors (Lipinski definition) is 5. The zero-order chi connectivity index (χ0) is 22.6. The summed E-state index contributed by atoms with van der Waals surface area (Å²) in [6.07, 6.45) is -4.73. The third kappa shape index (κ3) is 6.05. The minimum atomic E-state index is -4.73. The molecule has 3 aromatic rings. The number of halogens is 3. The van der Waals surface area contributed by atoms with Gasteiger partial charge in [-0.2, -0.15) is 13.2 Å². The van der Waals surface area contributed by atoms with E-state index in [2.05, 4.69) is 15.6 Å². The van der Waals surface area contributed by atoms with Gasteiger partial charge in [-0.05, 0) is 43.3 Å². The van der Waals surface area contributed by atoms with Crippen molar-refractivity contribution in [3.05, 3.63) is 69.7 Å². The molecular formula is C21H18F3N3O3S. The molecule has 0 radical (unpaired) electrons. The molecule has 1 heterocycles. The lowest BCUT2D eigenvalue weighted by atomic mass is 10.1. The van der Waals surface area contributed by atoms with E-state index in [1.807, 2.05) is 12.3 Å². The second kappa shape index (κ2) is 9.17. The molecule has 0 spiro atoms. The van der Waals surface area contributed by atoms with E-state index in [-0.39, 0.29) is 17.9 Å². The van der Waals surface area contributed by atoms with E-state index >= 15 is 0 Å². The normalized spacial score (nSPS) is 11.1. The van der Waals surface area contributed by atoms with Gasteiger partial charge in [0.25, 0.3) is 5.91 Å². The average Bonchev–Trinajstić information content (AvgIpc) is 3.12. The van der Waals surface area contributed by atoms with Crippen molar-refractivity contribution in [3.63, 3.8) is 0 Å². The van der Waals surface area contributed by atoms with Gasteiger partial charge >= 0.3 is 6.18 Å². The third-order valence-electron chi connectivity index (χ3n) is 4.04. The monoisotopic (exact) mass is 449 g/mol. The smallest absolute Gasteiger partial charge is 0.418 e. The van der Waals surface area contributed by atoms with Gasteiger partial charge in [0, 0.05) is 23.6 Å². The van der Waals surface area contributed by atoms with Crippen molar-refractivity contribution in [1.29, 1.82) is 0 Å². The molecular weight excluding hydrogens is 431 g/mol. The summed E-state index contributed by atoms with van der Waals surface area (Å²) < 4.78 is 46.0. The summed E-state index contributed by atoms with van der Waals surface area (Å²) >= 11 is 1.49. The van der Waals surface area contributed by atoms with Crippen LogP contribution >= 0.6 is 11.3 Å². The number of alkyl halides is 3. The Morgan fingerprint density at radius 2 is 1.90 bits per heavy atom. The summed E-state index contributed by atoms with van der Waals surface area (Å²) in [5, 5.41) is 7.33. The van der Waals surface area contributed by atoms with Crippen LogP contribution in [0.25, 0.3) is 0 Å². The first kappa shape index (κ1) is 22.3. The van der Waals surface area contributed by atoms with Gasteiger partial charge < -0.3 is 15.4 Å². The standard InChI is InChI=1S/C21H18F3N3O3S/c1-12(28)25-15-6-7-19(18(9-15)21(22,23)24)27-20(29)14-4-3-5-17(8-14)30-10-16-11-31-13(2)26-16/h3-9,11H,10H2,1-2H3,(H,25,28)(H,27,29). The molecule has 0 unspecified atom stereocenters. The third-order valence-corrected chi connectivity index (χ3v) is 4.87. The van der Waals surface area contributed by atoms with Gasteiger partial charge in [-0.3, -0.25) is 9.59 Å². The molecule has 3 rings (SSSR count). The Balaban J connectivity index is 1.77. The molecule has 0 aliphatic carbocycles. The summed E-state index contributed by atoms with van der Waals surface area (Å²) in [5.74, 6) is -0.849. The predicted octanol–water partition coefficient (Wildman–Crippen LogP) is 5.26. The van der Waals surface area contributed by atoms with Crippen molar-refractivity contribution in [1.82, 2.24) is 4.98 Å². The molecule has 0 bridgehead atoms. The fourth-order valence-corrected chi connectivity index (χ4v) is 3.32. The largest absolute Gasteiger partial charge is 0.487 e. The van der Waals surface area contributed by atoms with Gasteiger partial charge in [-0.15, -0.1) is 11.3 Å². The van der Waals surface area contributed by atoms with Crippen LogP contribution in [-0.4, -0.2) is 16.8 Å². The van der Waals surface area contributed by atoms with Crippen LogP contribution in [0.4, 0.5) is 24.5 Å². The Bertz CT molecular complexity index is 1110. The van der Waals surface area contributed by atoms with Crippen molar-refractivity contribution in [3.8, 4) is 5.75 Å². The average molecular weight is 449 g/mol. The van der Waals surface area contributed by atoms with Crippen LogP contribution in [0.1, 0.15) is 33.5 Å². The first-order valence-electron chi connectivity index (χ1n) is 9.06. The number of aryl methyl sites for hydroxylation is 1. The fourth-order valence-electron chi connectivity index (χ4n) is 2.72. The molecule has 0 fully saturated rings. The van der Waals surface area contributed by atoms with Crippen LogP contribution in [0.15, 0.2) is 47.8 Å². The Morgan fingerprint density at radius 3 is 2.55 bits per heavy atom. The fraction of sp³-hybridized carbons (Fsp3) is 0.190. The zero-order valence-corrected chi connectivity index (χ0v) is 17.4. The molecule has 162 valence electrons. The molecule has 31 heavy (non-hydrogen) atoms. The highest BCUT2D eigenvalue weighted by atomic mass is 32.1. The Hall–Kier alpha value is -3.40. The number of rotatable bonds is 6. The SMILES string of the molecule is CC(=O)Nc1ccc(NC(=O)c2cccc(OCc3csc(C)n3)c2)c(C(F)(F)F)c1. The highest BCUT2D eigenvalue weighted by molar-refractivity contribution is 7.09. The van der Waals surface area contributed by atoms with Crippen LogP contribution in [0.2, 0.25) is 0 Å². The van der Waals surface area contributed by atoms with Gasteiger partial charge in [-0.1, -0.05) is 6.07 Å². The molecule has 0 saturated heterocycles. The van der Waals surface area contributed by atoms with E-state index in [1.165, 1.54) is 36.5 Å². The number of aromatic nitrogens is 1. The minimum absolute atomic E-state index is 0.0227. The van der Waals surface area contributed by atoms with Crippen LogP contribution in [0.3, 0.4) is 0 Å². The second-order valence-corrected chi connectivity index (χ2v) is 7.63. The number of carbonyl (C=O) groups is 2. The molecule has 1 aromatic heterocycles. The van der Waals surface area contributed by atoms with Crippen molar-refractivity contribution in [2.24, 2.45) is 0 Å². The van der Waals surface area contributed by atoms with Crippen molar-refractivity contribution < 1.29 is 27.5 Å². The molecule has 2 aromatic carbocycles. The lowest BCUT2D eigenvalue weighted by Gasteiger charge is -2.16.